The Morgan fingerprint density at radius 1 is 0.905 bits per heavy atom. The molecular weight excluding hydrogens is 276 g/mol. The molecule has 7 nitrogen and oxygen atoms in total. The summed E-state index contributed by atoms with van der Waals surface area (Å²) >= 11 is 0. The topological polar surface area (TPSA) is 108 Å². The lowest BCUT2D eigenvalue weighted by Gasteiger charge is -2.01. The second kappa shape index (κ2) is 5.83. The van der Waals surface area contributed by atoms with Crippen molar-refractivity contribution >= 4 is 22.9 Å². The molecule has 0 aromatic heterocycles. The number of Topliss-reactive ketones (excluding diaryl/α,β-unsaturated/α-hetero) is 2. The van der Waals surface area contributed by atoms with Crippen molar-refractivity contribution in [3.05, 3.63) is 74.7 Å². The number of carbonyl (C=O) groups is 2. The van der Waals surface area contributed by atoms with Crippen LogP contribution in [-0.4, -0.2) is 16.5 Å². The number of nitrogens with zero attached hydrogens (tertiary/aromatic N) is 1. The average molecular weight is 285 g/mol. The van der Waals surface area contributed by atoms with Crippen LogP contribution in [0.15, 0.2) is 48.5 Å². The second-order valence-electron chi connectivity index (χ2n) is 4.08. The van der Waals surface area contributed by atoms with Gasteiger partial charge in [-0.3, -0.25) is 19.7 Å². The molecule has 1 N–H and O–H groups in total. The third-order valence-corrected chi connectivity index (χ3v) is 2.83. The molecule has 0 aliphatic heterocycles. The molecule has 0 saturated carbocycles. The van der Waals surface area contributed by atoms with Crippen LogP contribution in [0.3, 0.4) is 0 Å². The average Bonchev–Trinajstić information content (AvgIpc) is 2.53. The van der Waals surface area contributed by atoms with Crippen LogP contribution in [0.25, 0.3) is 0 Å². The number of hydrogen-bond acceptors (Lipinski definition) is 5. The van der Waals surface area contributed by atoms with Gasteiger partial charge in [-0.2, -0.15) is 0 Å². The first kappa shape index (κ1) is 14.2. The third kappa shape index (κ3) is 2.71. The number of nitroso groups, excluding NO2 is 1. The SMILES string of the molecule is O=[NH+]c1ccccc1C(=O)C(=O)c1ccccc1[N+](=O)[O-]. The molecule has 0 saturated heterocycles. The number of rotatable bonds is 5. The quantitative estimate of drug-likeness (QED) is 0.383. The summed E-state index contributed by atoms with van der Waals surface area (Å²) in [5.74, 6) is -2.02. The molecule has 0 aliphatic rings. The summed E-state index contributed by atoms with van der Waals surface area (Å²) < 4.78 is 0. The van der Waals surface area contributed by atoms with Gasteiger partial charge in [-0.15, -0.1) is 0 Å². The fraction of sp³-hybridized carbons (Fsp3) is 0. The maximum atomic E-state index is 12.2. The van der Waals surface area contributed by atoms with E-state index >= 15 is 0 Å². The van der Waals surface area contributed by atoms with Crippen molar-refractivity contribution in [1.82, 2.24) is 0 Å². The van der Waals surface area contributed by atoms with E-state index in [1.165, 1.54) is 42.5 Å². The number of nitrogens with one attached hydrogen (secondary N) is 1. The molecule has 0 radical (unpaired) electrons. The Bertz CT molecular complexity index is 755. The summed E-state index contributed by atoms with van der Waals surface area (Å²) in [7, 11) is 0. The molecule has 0 aliphatic carbocycles. The van der Waals surface area contributed by atoms with E-state index in [9.17, 15) is 24.6 Å². The third-order valence-electron chi connectivity index (χ3n) is 2.83. The van der Waals surface area contributed by atoms with Gasteiger partial charge in [0.2, 0.25) is 11.6 Å². The minimum Gasteiger partial charge on any atom is -0.285 e. The predicted molar refractivity (Wildman–Crippen MR) is 72.2 cm³/mol. The standard InChI is InChI=1S/C14H8N2O5/c17-13(9-5-1-3-7-11(9)15-19)14(18)10-6-2-4-8-12(10)16(20)21/h1-8H/p+1. The zero-order chi connectivity index (χ0) is 15.4. The molecular formula is C14H9N2O5+. The molecule has 21 heavy (non-hydrogen) atoms. The van der Waals surface area contributed by atoms with Gasteiger partial charge in [-0.1, -0.05) is 24.3 Å². The van der Waals surface area contributed by atoms with Crippen LogP contribution >= 0.6 is 0 Å². The fourth-order valence-electron chi connectivity index (χ4n) is 1.84. The Hall–Kier alpha value is -3.22. The number of carbonyl (C=O) groups excluding carboxylic acids is 2. The Labute approximate surface area is 118 Å². The molecule has 0 unspecified atom stereocenters. The number of hydrogen-bond donors (Lipinski definition) is 1. The van der Waals surface area contributed by atoms with E-state index in [0.29, 0.717) is 0 Å². The lowest BCUT2D eigenvalue weighted by molar-refractivity contribution is -0.385. The molecule has 2 aromatic carbocycles. The summed E-state index contributed by atoms with van der Waals surface area (Å²) in [5.41, 5.74) is -0.957. The maximum Gasteiger partial charge on any atom is 0.280 e. The van der Waals surface area contributed by atoms with Crippen molar-refractivity contribution in [3.63, 3.8) is 0 Å². The van der Waals surface area contributed by atoms with Crippen LogP contribution in [0.4, 0.5) is 11.4 Å². The van der Waals surface area contributed by atoms with Gasteiger partial charge in [0.1, 0.15) is 11.1 Å². The maximum absolute atomic E-state index is 12.2. The van der Waals surface area contributed by atoms with Gasteiger partial charge in [0.15, 0.2) is 0 Å². The molecule has 2 rings (SSSR count). The molecule has 0 heterocycles. The normalized spacial score (nSPS) is 9.90. The van der Waals surface area contributed by atoms with Crippen LogP contribution in [-0.2, 0) is 0 Å². The monoisotopic (exact) mass is 285 g/mol. The molecule has 0 bridgehead atoms. The van der Waals surface area contributed by atoms with Gasteiger partial charge < -0.3 is 0 Å². The first-order valence-electron chi connectivity index (χ1n) is 5.86. The van der Waals surface area contributed by atoms with Crippen molar-refractivity contribution in [2.24, 2.45) is 0 Å². The van der Waals surface area contributed by atoms with Crippen molar-refractivity contribution in [2.45, 2.75) is 0 Å². The highest BCUT2D eigenvalue weighted by molar-refractivity contribution is 6.50. The van der Waals surface area contributed by atoms with Crippen LogP contribution in [0, 0.1) is 15.0 Å². The Morgan fingerprint density at radius 3 is 2.05 bits per heavy atom. The summed E-state index contributed by atoms with van der Waals surface area (Å²) in [6, 6.07) is 10.8. The van der Waals surface area contributed by atoms with E-state index in [0.717, 1.165) is 6.07 Å². The number of para-hydroxylation sites is 2. The van der Waals surface area contributed by atoms with Crippen LogP contribution in [0.2, 0.25) is 0 Å². The van der Waals surface area contributed by atoms with Crippen molar-refractivity contribution in [1.29, 1.82) is 0 Å². The van der Waals surface area contributed by atoms with Gasteiger partial charge in [0.25, 0.3) is 11.4 Å². The lowest BCUT2D eigenvalue weighted by Crippen LogP contribution is -2.56. The summed E-state index contributed by atoms with van der Waals surface area (Å²) in [6.45, 7) is 0. The van der Waals surface area contributed by atoms with E-state index in [1.54, 1.807) is 5.18 Å². The smallest absolute Gasteiger partial charge is 0.280 e. The van der Waals surface area contributed by atoms with Crippen LogP contribution < -0.4 is 5.18 Å². The minimum atomic E-state index is -1.04. The van der Waals surface area contributed by atoms with E-state index in [4.69, 9.17) is 0 Å². The van der Waals surface area contributed by atoms with Crippen molar-refractivity contribution in [2.75, 3.05) is 0 Å². The molecule has 2 aromatic rings. The molecule has 0 spiro atoms. The first-order valence-corrected chi connectivity index (χ1v) is 5.86. The highest BCUT2D eigenvalue weighted by Crippen LogP contribution is 2.21. The number of nitro groups is 1. The number of nitro benzene ring substituents is 1. The van der Waals surface area contributed by atoms with Crippen LogP contribution in [0.5, 0.6) is 0 Å². The van der Waals surface area contributed by atoms with Gasteiger partial charge in [0.05, 0.1) is 4.92 Å². The Kier molecular flexibility index (Phi) is 3.94. The van der Waals surface area contributed by atoms with E-state index in [1.807, 2.05) is 0 Å². The first-order chi connectivity index (χ1) is 10.1. The summed E-state index contributed by atoms with van der Waals surface area (Å²) in [4.78, 5) is 45.2. The zero-order valence-electron chi connectivity index (χ0n) is 10.6. The molecule has 104 valence electrons. The summed E-state index contributed by atoms with van der Waals surface area (Å²) in [6.07, 6.45) is 0. The zero-order valence-corrected chi connectivity index (χ0v) is 10.6. The fourth-order valence-corrected chi connectivity index (χ4v) is 1.84. The van der Waals surface area contributed by atoms with Crippen molar-refractivity contribution in [3.8, 4) is 0 Å². The minimum absolute atomic E-state index is 0.0607. The lowest BCUT2D eigenvalue weighted by atomic mass is 9.99. The highest BCUT2D eigenvalue weighted by Gasteiger charge is 2.28. The Morgan fingerprint density at radius 2 is 1.43 bits per heavy atom. The van der Waals surface area contributed by atoms with Gasteiger partial charge in [-0.05, 0) is 12.1 Å². The largest absolute Gasteiger partial charge is 0.285 e. The number of ketones is 2. The molecule has 0 amide bonds. The highest BCUT2D eigenvalue weighted by atomic mass is 16.6. The molecule has 0 atom stereocenters. The number of benzene rings is 2. The van der Waals surface area contributed by atoms with Crippen LogP contribution in [0.1, 0.15) is 20.7 Å². The van der Waals surface area contributed by atoms with Gasteiger partial charge >= 0.3 is 0 Å². The van der Waals surface area contributed by atoms with E-state index < -0.39 is 22.2 Å². The summed E-state index contributed by atoms with van der Waals surface area (Å²) in [5, 5.41) is 12.5. The predicted octanol–water partition coefficient (Wildman–Crippen LogP) is 1.14. The van der Waals surface area contributed by atoms with E-state index in [2.05, 4.69) is 0 Å². The second-order valence-corrected chi connectivity index (χ2v) is 4.08. The van der Waals surface area contributed by atoms with Crippen molar-refractivity contribution < 1.29 is 19.7 Å². The molecule has 7 heteroatoms. The van der Waals surface area contributed by atoms with Gasteiger partial charge in [-0.25, -0.2) is 0 Å². The van der Waals surface area contributed by atoms with Gasteiger partial charge in [0, 0.05) is 22.2 Å². The van der Waals surface area contributed by atoms with E-state index in [-0.39, 0.29) is 16.8 Å². The Balaban J connectivity index is 2.48. The molecule has 0 fully saturated rings.